The highest BCUT2D eigenvalue weighted by molar-refractivity contribution is 5.60. The molecule has 0 saturated heterocycles. The summed E-state index contributed by atoms with van der Waals surface area (Å²) in [5, 5.41) is 18.6. The molecule has 0 aliphatic heterocycles. The molecule has 0 aliphatic carbocycles. The molecule has 20 heavy (non-hydrogen) atoms. The Balaban J connectivity index is 2.28. The summed E-state index contributed by atoms with van der Waals surface area (Å²) in [4.78, 5) is 10.6. The minimum atomic E-state index is -0.361. The van der Waals surface area contributed by atoms with E-state index in [2.05, 4.69) is 10.4 Å². The van der Waals surface area contributed by atoms with Gasteiger partial charge in [0, 0.05) is 36.1 Å². The van der Waals surface area contributed by atoms with Crippen LogP contribution in [0.2, 0.25) is 0 Å². The van der Waals surface area contributed by atoms with Gasteiger partial charge in [0.25, 0.3) is 5.69 Å². The molecule has 6 heteroatoms. The third-order valence-electron chi connectivity index (χ3n) is 3.39. The molecule has 0 amide bonds. The SMILES string of the molecule is Cc1nn(C)cc1C(C)Nc1cccc([N+](=O)[O-])c1C. The maximum absolute atomic E-state index is 11.0. The monoisotopic (exact) mass is 274 g/mol. The maximum atomic E-state index is 11.0. The molecule has 1 unspecified atom stereocenters. The first-order valence-corrected chi connectivity index (χ1v) is 6.41. The second-order valence-electron chi connectivity index (χ2n) is 4.92. The average molecular weight is 274 g/mol. The Morgan fingerprint density at radius 3 is 2.65 bits per heavy atom. The lowest BCUT2D eigenvalue weighted by Gasteiger charge is -2.16. The lowest BCUT2D eigenvalue weighted by atomic mass is 10.1. The highest BCUT2D eigenvalue weighted by Gasteiger charge is 2.16. The number of nitro groups is 1. The van der Waals surface area contributed by atoms with Crippen LogP contribution in [0.25, 0.3) is 0 Å². The number of nitrogens with zero attached hydrogens (tertiary/aromatic N) is 3. The molecule has 2 aromatic rings. The third kappa shape index (κ3) is 2.64. The van der Waals surface area contributed by atoms with Crippen molar-refractivity contribution >= 4 is 11.4 Å². The van der Waals surface area contributed by atoms with Crippen molar-refractivity contribution in [1.82, 2.24) is 9.78 Å². The van der Waals surface area contributed by atoms with E-state index in [1.807, 2.05) is 33.2 Å². The molecule has 106 valence electrons. The summed E-state index contributed by atoms with van der Waals surface area (Å²) < 4.78 is 1.77. The van der Waals surface area contributed by atoms with E-state index in [0.717, 1.165) is 16.9 Å². The molecule has 0 spiro atoms. The Morgan fingerprint density at radius 1 is 1.40 bits per heavy atom. The fourth-order valence-electron chi connectivity index (χ4n) is 2.33. The molecule has 1 aromatic heterocycles. The molecule has 2 rings (SSSR count). The van der Waals surface area contributed by atoms with Crippen molar-refractivity contribution < 1.29 is 4.92 Å². The van der Waals surface area contributed by atoms with E-state index in [9.17, 15) is 10.1 Å². The highest BCUT2D eigenvalue weighted by atomic mass is 16.6. The Bertz CT molecular complexity index is 649. The van der Waals surface area contributed by atoms with E-state index in [-0.39, 0.29) is 16.7 Å². The molecule has 1 atom stereocenters. The van der Waals surface area contributed by atoms with Gasteiger partial charge in [-0.1, -0.05) is 6.07 Å². The van der Waals surface area contributed by atoms with Gasteiger partial charge in [0.2, 0.25) is 0 Å². The van der Waals surface area contributed by atoms with Crippen LogP contribution in [0.3, 0.4) is 0 Å². The van der Waals surface area contributed by atoms with Gasteiger partial charge < -0.3 is 5.32 Å². The zero-order valence-electron chi connectivity index (χ0n) is 12.0. The van der Waals surface area contributed by atoms with Crippen molar-refractivity contribution in [2.24, 2.45) is 7.05 Å². The Hall–Kier alpha value is -2.37. The first kappa shape index (κ1) is 14.0. The van der Waals surface area contributed by atoms with Crippen molar-refractivity contribution in [1.29, 1.82) is 0 Å². The van der Waals surface area contributed by atoms with E-state index in [4.69, 9.17) is 0 Å². The van der Waals surface area contributed by atoms with E-state index in [0.29, 0.717) is 5.56 Å². The van der Waals surface area contributed by atoms with Gasteiger partial charge in [-0.25, -0.2) is 0 Å². The Morgan fingerprint density at radius 2 is 2.10 bits per heavy atom. The minimum Gasteiger partial charge on any atom is -0.378 e. The number of rotatable bonds is 4. The van der Waals surface area contributed by atoms with Crippen LogP contribution < -0.4 is 5.32 Å². The van der Waals surface area contributed by atoms with Crippen LogP contribution >= 0.6 is 0 Å². The summed E-state index contributed by atoms with van der Waals surface area (Å²) in [6.45, 7) is 5.72. The lowest BCUT2D eigenvalue weighted by Crippen LogP contribution is -2.09. The second-order valence-corrected chi connectivity index (χ2v) is 4.92. The molecule has 0 radical (unpaired) electrons. The smallest absolute Gasteiger partial charge is 0.274 e. The summed E-state index contributed by atoms with van der Waals surface area (Å²) in [5.41, 5.74) is 3.58. The number of aryl methyl sites for hydroxylation is 2. The predicted molar refractivity (Wildman–Crippen MR) is 77.8 cm³/mol. The lowest BCUT2D eigenvalue weighted by molar-refractivity contribution is -0.385. The van der Waals surface area contributed by atoms with Gasteiger partial charge in [0.1, 0.15) is 0 Å². The Labute approximate surface area is 117 Å². The molecular formula is C14H18N4O2. The van der Waals surface area contributed by atoms with Crippen LogP contribution in [-0.2, 0) is 7.05 Å². The molecule has 1 aromatic carbocycles. The molecule has 0 aliphatic rings. The molecule has 0 saturated carbocycles. The van der Waals surface area contributed by atoms with Gasteiger partial charge in [-0.3, -0.25) is 14.8 Å². The number of nitro benzene ring substituents is 1. The zero-order valence-corrected chi connectivity index (χ0v) is 12.0. The van der Waals surface area contributed by atoms with Gasteiger partial charge >= 0.3 is 0 Å². The quantitative estimate of drug-likeness (QED) is 0.686. The van der Waals surface area contributed by atoms with Gasteiger partial charge in [0.05, 0.1) is 16.7 Å². The first-order chi connectivity index (χ1) is 9.40. The van der Waals surface area contributed by atoms with Crippen molar-refractivity contribution in [2.45, 2.75) is 26.8 Å². The molecule has 1 N–H and O–H groups in total. The standard InChI is InChI=1S/C14H18N4O2/c1-9-13(6-5-7-14(9)18(19)20)15-10(2)12-8-17(4)16-11(12)3/h5-8,10,15H,1-4H3. The number of hydrogen-bond donors (Lipinski definition) is 1. The predicted octanol–water partition coefficient (Wildman–Crippen LogP) is 3.12. The zero-order chi connectivity index (χ0) is 14.9. The van der Waals surface area contributed by atoms with Crippen molar-refractivity contribution in [3.63, 3.8) is 0 Å². The number of aromatic nitrogens is 2. The average Bonchev–Trinajstić information content (AvgIpc) is 2.70. The number of nitrogens with one attached hydrogen (secondary N) is 1. The fraction of sp³-hybridized carbons (Fsp3) is 0.357. The molecule has 0 fully saturated rings. The largest absolute Gasteiger partial charge is 0.378 e. The molecule has 0 bridgehead atoms. The topological polar surface area (TPSA) is 73.0 Å². The fourth-order valence-corrected chi connectivity index (χ4v) is 2.33. The van der Waals surface area contributed by atoms with Crippen molar-refractivity contribution in [3.05, 3.63) is 51.3 Å². The second kappa shape index (κ2) is 5.32. The van der Waals surface area contributed by atoms with Crippen LogP contribution in [-0.4, -0.2) is 14.7 Å². The summed E-state index contributed by atoms with van der Waals surface area (Å²) in [6.07, 6.45) is 1.96. The van der Waals surface area contributed by atoms with Gasteiger partial charge in [-0.2, -0.15) is 5.10 Å². The maximum Gasteiger partial charge on any atom is 0.274 e. The molecule has 6 nitrogen and oxygen atoms in total. The van der Waals surface area contributed by atoms with Gasteiger partial charge in [-0.05, 0) is 26.8 Å². The minimum absolute atomic E-state index is 0.0319. The van der Waals surface area contributed by atoms with E-state index in [1.54, 1.807) is 17.7 Å². The van der Waals surface area contributed by atoms with Crippen molar-refractivity contribution in [2.75, 3.05) is 5.32 Å². The highest BCUT2D eigenvalue weighted by Crippen LogP contribution is 2.28. The van der Waals surface area contributed by atoms with Crippen LogP contribution in [0.5, 0.6) is 0 Å². The third-order valence-corrected chi connectivity index (χ3v) is 3.39. The normalized spacial score (nSPS) is 12.2. The van der Waals surface area contributed by atoms with E-state index < -0.39 is 0 Å². The molecule has 1 heterocycles. The first-order valence-electron chi connectivity index (χ1n) is 6.41. The van der Waals surface area contributed by atoms with Crippen molar-refractivity contribution in [3.8, 4) is 0 Å². The van der Waals surface area contributed by atoms with Crippen LogP contribution in [0, 0.1) is 24.0 Å². The summed E-state index contributed by atoms with van der Waals surface area (Å²) >= 11 is 0. The number of hydrogen-bond acceptors (Lipinski definition) is 4. The summed E-state index contributed by atoms with van der Waals surface area (Å²) in [7, 11) is 1.88. The van der Waals surface area contributed by atoms with Crippen LogP contribution in [0.1, 0.15) is 29.8 Å². The van der Waals surface area contributed by atoms with E-state index >= 15 is 0 Å². The molecular weight excluding hydrogens is 256 g/mol. The number of anilines is 1. The van der Waals surface area contributed by atoms with Crippen LogP contribution in [0.15, 0.2) is 24.4 Å². The van der Waals surface area contributed by atoms with E-state index in [1.165, 1.54) is 6.07 Å². The Kier molecular flexibility index (Phi) is 3.74. The summed E-state index contributed by atoms with van der Waals surface area (Å²) in [5.74, 6) is 0. The van der Waals surface area contributed by atoms with Gasteiger partial charge in [0.15, 0.2) is 0 Å². The van der Waals surface area contributed by atoms with Gasteiger partial charge in [-0.15, -0.1) is 0 Å². The number of benzene rings is 1. The van der Waals surface area contributed by atoms with Crippen LogP contribution in [0.4, 0.5) is 11.4 Å². The summed E-state index contributed by atoms with van der Waals surface area (Å²) in [6, 6.07) is 5.09.